The summed E-state index contributed by atoms with van der Waals surface area (Å²) >= 11 is 0. The van der Waals surface area contributed by atoms with Crippen LogP contribution < -0.4 is 0 Å². The molecule has 8 nitrogen and oxygen atoms in total. The number of carbonyl (C=O) groups excluding carboxylic acids is 3. The van der Waals surface area contributed by atoms with E-state index >= 15 is 0 Å². The molecule has 62 heavy (non-hydrogen) atoms. The molecule has 0 aliphatic carbocycles. The zero-order chi connectivity index (χ0) is 45.9. The maximum absolute atomic E-state index is 13.1. The van der Waals surface area contributed by atoms with E-state index in [4.69, 9.17) is 14.2 Å². The first-order chi connectivity index (χ1) is 30.0. The topological polar surface area (TPSA) is 85.4 Å². The Morgan fingerprint density at radius 1 is 0.403 bits per heavy atom. The van der Waals surface area contributed by atoms with E-state index in [2.05, 4.69) is 32.6 Å². The van der Waals surface area contributed by atoms with E-state index in [-0.39, 0.29) is 29.9 Å². The van der Waals surface area contributed by atoms with Crippen molar-refractivity contribution in [3.8, 4) is 0 Å². The van der Waals surface area contributed by atoms with Crippen molar-refractivity contribution >= 4 is 18.0 Å². The third kappa shape index (κ3) is 38.6. The van der Waals surface area contributed by atoms with Gasteiger partial charge in [0.15, 0.2) is 0 Å². The quantitative estimate of drug-likeness (QED) is 0.0342. The molecule has 0 aromatic rings. The van der Waals surface area contributed by atoms with Gasteiger partial charge in [-0.3, -0.25) is 9.59 Å². The average molecular weight is 879 g/mol. The predicted molar refractivity (Wildman–Crippen MR) is 264 cm³/mol. The summed E-state index contributed by atoms with van der Waals surface area (Å²) in [6, 6.07) is 0. The minimum atomic E-state index is -0.488. The highest BCUT2D eigenvalue weighted by Gasteiger charge is 2.21. The third-order valence-electron chi connectivity index (χ3n) is 12.4. The number of unbranched alkanes of at least 4 members (excludes halogenated alkanes) is 23. The standard InChI is InChI=1S/C54H106N2O6/c1-9-13-17-21-23-31-41-49(39-29-19-15-11-3)51(57)60-47-37-27-25-33-44-56(46-36-35-43-55(8)53(59)62-54(5,6)7)45-34-26-28-38-48-61-52(58)50(40-30-20-16-12-4)42-32-24-22-18-14-10-2/h49-50H,9-48H2,1-8H3. The Kier molecular flexibility index (Phi) is 41.8. The van der Waals surface area contributed by atoms with Gasteiger partial charge >= 0.3 is 18.0 Å². The van der Waals surface area contributed by atoms with E-state index in [0.717, 1.165) is 135 Å². The summed E-state index contributed by atoms with van der Waals surface area (Å²) in [4.78, 5) is 43.0. The summed E-state index contributed by atoms with van der Waals surface area (Å²) in [6.45, 7) is 19.6. The fraction of sp³-hybridized carbons (Fsp3) is 0.944. The zero-order valence-electron chi connectivity index (χ0n) is 42.8. The van der Waals surface area contributed by atoms with Crippen molar-refractivity contribution in [1.29, 1.82) is 0 Å². The Labute approximate surface area is 385 Å². The van der Waals surface area contributed by atoms with Crippen molar-refractivity contribution < 1.29 is 28.6 Å². The average Bonchev–Trinajstić information content (AvgIpc) is 3.24. The highest BCUT2D eigenvalue weighted by atomic mass is 16.6. The van der Waals surface area contributed by atoms with Gasteiger partial charge in [-0.05, 0) is 105 Å². The molecule has 0 heterocycles. The smallest absolute Gasteiger partial charge is 0.410 e. The molecule has 8 heteroatoms. The predicted octanol–water partition coefficient (Wildman–Crippen LogP) is 15.8. The highest BCUT2D eigenvalue weighted by Crippen LogP contribution is 2.22. The van der Waals surface area contributed by atoms with Crippen LogP contribution in [0.5, 0.6) is 0 Å². The van der Waals surface area contributed by atoms with Crippen molar-refractivity contribution in [3.63, 3.8) is 0 Å². The van der Waals surface area contributed by atoms with Gasteiger partial charge in [-0.25, -0.2) is 4.79 Å². The molecule has 0 aromatic carbocycles. The van der Waals surface area contributed by atoms with Crippen molar-refractivity contribution in [2.45, 2.75) is 272 Å². The number of hydrogen-bond acceptors (Lipinski definition) is 7. The largest absolute Gasteiger partial charge is 0.465 e. The van der Waals surface area contributed by atoms with Crippen LogP contribution in [-0.4, -0.2) is 79.9 Å². The van der Waals surface area contributed by atoms with Gasteiger partial charge in [0.05, 0.1) is 25.0 Å². The Bertz CT molecular complexity index is 957. The van der Waals surface area contributed by atoms with Crippen LogP contribution in [0.3, 0.4) is 0 Å². The first kappa shape index (κ1) is 60.2. The molecule has 0 saturated heterocycles. The molecular formula is C54H106N2O6. The van der Waals surface area contributed by atoms with Crippen LogP contribution in [-0.2, 0) is 23.8 Å². The lowest BCUT2D eigenvalue weighted by atomic mass is 9.94. The molecule has 2 atom stereocenters. The fourth-order valence-electron chi connectivity index (χ4n) is 8.35. The molecule has 0 aliphatic rings. The lowest BCUT2D eigenvalue weighted by Gasteiger charge is -2.25. The van der Waals surface area contributed by atoms with E-state index in [1.165, 1.54) is 103 Å². The number of carbonyl (C=O) groups is 3. The Balaban J connectivity index is 4.82. The second-order valence-corrected chi connectivity index (χ2v) is 19.8. The van der Waals surface area contributed by atoms with Crippen molar-refractivity contribution in [2.75, 3.05) is 46.4 Å². The second kappa shape index (κ2) is 43.1. The van der Waals surface area contributed by atoms with Crippen molar-refractivity contribution in [3.05, 3.63) is 0 Å². The van der Waals surface area contributed by atoms with Gasteiger partial charge in [-0.2, -0.15) is 0 Å². The molecule has 0 radical (unpaired) electrons. The summed E-state index contributed by atoms with van der Waals surface area (Å²) < 4.78 is 17.3. The molecule has 0 saturated carbocycles. The molecule has 2 unspecified atom stereocenters. The fourth-order valence-corrected chi connectivity index (χ4v) is 8.35. The molecule has 0 N–H and O–H groups in total. The molecule has 0 aliphatic heterocycles. The van der Waals surface area contributed by atoms with Crippen molar-refractivity contribution in [1.82, 2.24) is 9.80 Å². The van der Waals surface area contributed by atoms with Crippen LogP contribution in [0, 0.1) is 11.8 Å². The van der Waals surface area contributed by atoms with Gasteiger partial charge in [-0.1, -0.05) is 182 Å². The second-order valence-electron chi connectivity index (χ2n) is 19.8. The van der Waals surface area contributed by atoms with Gasteiger partial charge in [0.2, 0.25) is 0 Å². The molecule has 0 fully saturated rings. The first-order valence-electron chi connectivity index (χ1n) is 27.0. The molecule has 0 rings (SSSR count). The summed E-state index contributed by atoms with van der Waals surface area (Å²) in [5.41, 5.74) is -0.488. The number of esters is 2. The lowest BCUT2D eigenvalue weighted by molar-refractivity contribution is -0.150. The summed E-state index contributed by atoms with van der Waals surface area (Å²) in [5.74, 6) is 0.231. The van der Waals surface area contributed by atoms with Gasteiger partial charge in [0, 0.05) is 13.6 Å². The van der Waals surface area contributed by atoms with Crippen LogP contribution >= 0.6 is 0 Å². The first-order valence-corrected chi connectivity index (χ1v) is 27.0. The molecule has 368 valence electrons. The van der Waals surface area contributed by atoms with Gasteiger partial charge in [0.1, 0.15) is 5.60 Å². The van der Waals surface area contributed by atoms with E-state index in [0.29, 0.717) is 19.8 Å². The van der Waals surface area contributed by atoms with Crippen LogP contribution in [0.4, 0.5) is 4.79 Å². The lowest BCUT2D eigenvalue weighted by Crippen LogP contribution is -2.35. The zero-order valence-corrected chi connectivity index (χ0v) is 42.8. The maximum atomic E-state index is 13.1. The van der Waals surface area contributed by atoms with Crippen LogP contribution in [0.15, 0.2) is 0 Å². The van der Waals surface area contributed by atoms with Gasteiger partial charge < -0.3 is 24.0 Å². The molecule has 0 bridgehead atoms. The number of ether oxygens (including phenoxy) is 3. The molecular weight excluding hydrogens is 773 g/mol. The van der Waals surface area contributed by atoms with Crippen LogP contribution in [0.1, 0.15) is 267 Å². The Hall–Kier alpha value is -1.83. The highest BCUT2D eigenvalue weighted by molar-refractivity contribution is 5.72. The van der Waals surface area contributed by atoms with E-state index < -0.39 is 5.60 Å². The minimum absolute atomic E-state index is 0.0437. The van der Waals surface area contributed by atoms with Gasteiger partial charge in [0.25, 0.3) is 0 Å². The Morgan fingerprint density at radius 3 is 1.06 bits per heavy atom. The SMILES string of the molecule is CCCCCCCCC(CCCCCC)C(=O)OCCCCCCN(CCCCCCOC(=O)C(CCCCCC)CCCCCCCC)CCCCN(C)C(=O)OC(C)(C)C. The molecule has 0 spiro atoms. The van der Waals surface area contributed by atoms with E-state index in [9.17, 15) is 14.4 Å². The number of amides is 1. The normalized spacial score (nSPS) is 12.7. The summed E-state index contributed by atoms with van der Waals surface area (Å²) in [5, 5.41) is 0. The maximum Gasteiger partial charge on any atom is 0.410 e. The molecule has 0 aromatic heterocycles. The summed E-state index contributed by atoms with van der Waals surface area (Å²) in [6.07, 6.45) is 39.0. The Morgan fingerprint density at radius 2 is 0.694 bits per heavy atom. The summed E-state index contributed by atoms with van der Waals surface area (Å²) in [7, 11) is 1.83. The van der Waals surface area contributed by atoms with E-state index in [1.54, 1.807) is 4.90 Å². The van der Waals surface area contributed by atoms with Gasteiger partial charge in [-0.15, -0.1) is 0 Å². The van der Waals surface area contributed by atoms with Crippen molar-refractivity contribution in [2.24, 2.45) is 11.8 Å². The van der Waals surface area contributed by atoms with Crippen LogP contribution in [0.2, 0.25) is 0 Å². The third-order valence-corrected chi connectivity index (χ3v) is 12.4. The number of nitrogens with zero attached hydrogens (tertiary/aromatic N) is 2. The molecule has 1 amide bonds. The minimum Gasteiger partial charge on any atom is -0.465 e. The monoisotopic (exact) mass is 879 g/mol. The number of hydrogen-bond donors (Lipinski definition) is 0. The number of rotatable bonds is 45. The van der Waals surface area contributed by atoms with Crippen LogP contribution in [0.25, 0.3) is 0 Å². The van der Waals surface area contributed by atoms with E-state index in [1.807, 2.05) is 27.8 Å².